The van der Waals surface area contributed by atoms with Gasteiger partial charge < -0.3 is 15.5 Å². The molecule has 2 rings (SSSR count). The maximum atomic E-state index is 12.2. The number of hydrogen-bond donors (Lipinski definition) is 2. The Kier molecular flexibility index (Phi) is 5.58. The lowest BCUT2D eigenvalue weighted by Crippen LogP contribution is -2.51. The molecule has 8 heteroatoms. The first-order chi connectivity index (χ1) is 9.35. The molecule has 21 heavy (non-hydrogen) atoms. The molecule has 2 saturated heterocycles. The summed E-state index contributed by atoms with van der Waals surface area (Å²) in [5.41, 5.74) is -0.924. The van der Waals surface area contributed by atoms with Gasteiger partial charge in [0.2, 0.25) is 5.91 Å². The summed E-state index contributed by atoms with van der Waals surface area (Å²) < 4.78 is 0. The predicted octanol–water partition coefficient (Wildman–Crippen LogP) is -0.0510. The molecule has 4 amide bonds. The molecule has 0 radical (unpaired) electrons. The van der Waals surface area contributed by atoms with Gasteiger partial charge in [-0.1, -0.05) is 0 Å². The van der Waals surface area contributed by atoms with Crippen molar-refractivity contribution >= 4 is 30.3 Å². The summed E-state index contributed by atoms with van der Waals surface area (Å²) in [6.45, 7) is 4.40. The van der Waals surface area contributed by atoms with Gasteiger partial charge in [-0.15, -0.1) is 12.4 Å². The van der Waals surface area contributed by atoms with Crippen LogP contribution in [0.3, 0.4) is 0 Å². The van der Waals surface area contributed by atoms with Crippen molar-refractivity contribution in [3.8, 4) is 0 Å². The van der Waals surface area contributed by atoms with Crippen molar-refractivity contribution in [3.63, 3.8) is 0 Å². The number of likely N-dealkylation sites (N-methyl/N-ethyl adjacent to an activating group) is 1. The van der Waals surface area contributed by atoms with Crippen molar-refractivity contribution in [1.82, 2.24) is 20.4 Å². The SMILES string of the molecule is CNC1CCCN(C(=O)CN2C(=O)NC(C)(C)C2=O)C1.Cl. The molecule has 0 bridgehead atoms. The van der Waals surface area contributed by atoms with E-state index < -0.39 is 11.6 Å². The van der Waals surface area contributed by atoms with E-state index in [9.17, 15) is 14.4 Å². The van der Waals surface area contributed by atoms with Gasteiger partial charge in [-0.3, -0.25) is 14.5 Å². The smallest absolute Gasteiger partial charge is 0.325 e. The standard InChI is InChI=1S/C13H22N4O3.ClH/c1-13(2)11(19)17(12(20)15-13)8-10(18)16-6-4-5-9(7-16)14-3;/h9,14H,4-8H2,1-3H3,(H,15,20);1H. The normalized spacial score (nSPS) is 24.6. The van der Waals surface area contributed by atoms with Crippen molar-refractivity contribution in [1.29, 1.82) is 0 Å². The highest BCUT2D eigenvalue weighted by atomic mass is 35.5. The maximum Gasteiger partial charge on any atom is 0.325 e. The van der Waals surface area contributed by atoms with Crippen molar-refractivity contribution in [2.45, 2.75) is 38.3 Å². The second-order valence-electron chi connectivity index (χ2n) is 5.91. The fourth-order valence-corrected chi connectivity index (χ4v) is 2.64. The molecule has 120 valence electrons. The molecule has 1 atom stereocenters. The fourth-order valence-electron chi connectivity index (χ4n) is 2.64. The third-order valence-electron chi connectivity index (χ3n) is 3.92. The Balaban J connectivity index is 0.00000220. The topological polar surface area (TPSA) is 81.8 Å². The molecule has 0 saturated carbocycles. The number of nitrogens with zero attached hydrogens (tertiary/aromatic N) is 2. The first-order valence-electron chi connectivity index (χ1n) is 6.94. The Morgan fingerprint density at radius 2 is 2.10 bits per heavy atom. The molecule has 2 aliphatic rings. The van der Waals surface area contributed by atoms with Gasteiger partial charge in [-0.05, 0) is 33.7 Å². The van der Waals surface area contributed by atoms with E-state index in [-0.39, 0.29) is 36.8 Å². The molecule has 2 aliphatic heterocycles. The van der Waals surface area contributed by atoms with Gasteiger partial charge in [0.1, 0.15) is 12.1 Å². The summed E-state index contributed by atoms with van der Waals surface area (Å²) in [4.78, 5) is 38.8. The fraction of sp³-hybridized carbons (Fsp3) is 0.769. The van der Waals surface area contributed by atoms with Crippen molar-refractivity contribution in [3.05, 3.63) is 0 Å². The Hall–Kier alpha value is -1.34. The molecule has 0 aromatic rings. The molecule has 0 aromatic heterocycles. The average Bonchev–Trinajstić information content (AvgIpc) is 2.61. The van der Waals surface area contributed by atoms with Gasteiger partial charge in [0, 0.05) is 19.1 Å². The van der Waals surface area contributed by atoms with E-state index in [1.54, 1.807) is 18.7 Å². The molecule has 2 fully saturated rings. The number of piperidine rings is 1. The highest BCUT2D eigenvalue weighted by molar-refractivity contribution is 6.08. The number of halogens is 1. The van der Waals surface area contributed by atoms with Crippen LogP contribution in [0.4, 0.5) is 4.79 Å². The minimum atomic E-state index is -0.924. The molecule has 1 unspecified atom stereocenters. The number of imide groups is 1. The van der Waals surface area contributed by atoms with Crippen molar-refractivity contribution < 1.29 is 14.4 Å². The third-order valence-corrected chi connectivity index (χ3v) is 3.92. The van der Waals surface area contributed by atoms with Gasteiger partial charge >= 0.3 is 6.03 Å². The molecular formula is C13H23ClN4O3. The molecule has 2 N–H and O–H groups in total. The minimum Gasteiger partial charge on any atom is -0.340 e. The molecule has 0 spiro atoms. The molecule has 0 aliphatic carbocycles. The number of carbonyl (C=O) groups is 3. The largest absolute Gasteiger partial charge is 0.340 e. The second-order valence-corrected chi connectivity index (χ2v) is 5.91. The highest BCUT2D eigenvalue weighted by Crippen LogP contribution is 2.17. The van der Waals surface area contributed by atoms with Crippen molar-refractivity contribution in [2.75, 3.05) is 26.7 Å². The Bertz CT molecular complexity index is 441. The number of amides is 4. The lowest BCUT2D eigenvalue weighted by molar-refractivity contribution is -0.139. The van der Waals surface area contributed by atoms with E-state index in [2.05, 4.69) is 10.6 Å². The molecular weight excluding hydrogens is 296 g/mol. The van der Waals surface area contributed by atoms with Gasteiger partial charge in [0.05, 0.1) is 0 Å². The Labute approximate surface area is 130 Å². The number of likely N-dealkylation sites (tertiary alicyclic amines) is 1. The average molecular weight is 319 g/mol. The second kappa shape index (κ2) is 6.62. The van der Waals surface area contributed by atoms with Crippen LogP contribution in [-0.2, 0) is 9.59 Å². The monoisotopic (exact) mass is 318 g/mol. The van der Waals surface area contributed by atoms with E-state index in [1.165, 1.54) is 0 Å². The van der Waals surface area contributed by atoms with Crippen LogP contribution in [-0.4, -0.2) is 65.9 Å². The van der Waals surface area contributed by atoms with E-state index in [0.29, 0.717) is 13.1 Å². The summed E-state index contributed by atoms with van der Waals surface area (Å²) in [5, 5.41) is 5.73. The molecule has 0 aromatic carbocycles. The Morgan fingerprint density at radius 1 is 1.43 bits per heavy atom. The minimum absolute atomic E-state index is 0. The van der Waals surface area contributed by atoms with Gasteiger partial charge in [0.15, 0.2) is 0 Å². The van der Waals surface area contributed by atoms with Crippen LogP contribution in [0.15, 0.2) is 0 Å². The third kappa shape index (κ3) is 3.65. The first kappa shape index (κ1) is 17.7. The zero-order valence-corrected chi connectivity index (χ0v) is 13.5. The first-order valence-corrected chi connectivity index (χ1v) is 6.94. The number of nitrogens with one attached hydrogen (secondary N) is 2. The van der Waals surface area contributed by atoms with Crippen LogP contribution in [0.5, 0.6) is 0 Å². The summed E-state index contributed by atoms with van der Waals surface area (Å²) >= 11 is 0. The lowest BCUT2D eigenvalue weighted by Gasteiger charge is -2.33. The van der Waals surface area contributed by atoms with E-state index in [4.69, 9.17) is 0 Å². The van der Waals surface area contributed by atoms with Crippen LogP contribution in [0.2, 0.25) is 0 Å². The number of hydrogen-bond acceptors (Lipinski definition) is 4. The zero-order valence-electron chi connectivity index (χ0n) is 12.6. The molecule has 7 nitrogen and oxygen atoms in total. The quantitative estimate of drug-likeness (QED) is 0.715. The summed E-state index contributed by atoms with van der Waals surface area (Å²) in [6.07, 6.45) is 1.97. The molecule has 2 heterocycles. The van der Waals surface area contributed by atoms with E-state index in [1.807, 2.05) is 7.05 Å². The van der Waals surface area contributed by atoms with Crippen molar-refractivity contribution in [2.24, 2.45) is 0 Å². The van der Waals surface area contributed by atoms with Crippen LogP contribution in [0, 0.1) is 0 Å². The maximum absolute atomic E-state index is 12.2. The van der Waals surface area contributed by atoms with Crippen LogP contribution in [0.1, 0.15) is 26.7 Å². The van der Waals surface area contributed by atoms with Crippen LogP contribution >= 0.6 is 12.4 Å². The van der Waals surface area contributed by atoms with Gasteiger partial charge in [0.25, 0.3) is 5.91 Å². The number of urea groups is 1. The number of carbonyl (C=O) groups excluding carboxylic acids is 3. The van der Waals surface area contributed by atoms with Gasteiger partial charge in [-0.2, -0.15) is 0 Å². The zero-order chi connectivity index (χ0) is 14.9. The summed E-state index contributed by atoms with van der Waals surface area (Å²) in [6, 6.07) is -0.206. The summed E-state index contributed by atoms with van der Waals surface area (Å²) in [7, 11) is 1.87. The van der Waals surface area contributed by atoms with Crippen LogP contribution in [0.25, 0.3) is 0 Å². The van der Waals surface area contributed by atoms with E-state index in [0.717, 1.165) is 17.7 Å². The predicted molar refractivity (Wildman–Crippen MR) is 80.2 cm³/mol. The highest BCUT2D eigenvalue weighted by Gasteiger charge is 2.45. The Morgan fingerprint density at radius 3 is 2.62 bits per heavy atom. The summed E-state index contributed by atoms with van der Waals surface area (Å²) in [5.74, 6) is -0.524. The lowest BCUT2D eigenvalue weighted by atomic mass is 10.1. The van der Waals surface area contributed by atoms with Crippen LogP contribution < -0.4 is 10.6 Å². The van der Waals surface area contributed by atoms with E-state index >= 15 is 0 Å². The number of rotatable bonds is 3. The van der Waals surface area contributed by atoms with Gasteiger partial charge in [-0.25, -0.2) is 4.79 Å².